The zero-order valence-electron chi connectivity index (χ0n) is 6.10. The summed E-state index contributed by atoms with van der Waals surface area (Å²) in [6, 6.07) is 1.75. The van der Waals surface area contributed by atoms with E-state index >= 15 is 0 Å². The molecule has 0 aliphatic heterocycles. The SMILES string of the molecule is CC#N.CCC.CO. The second-order valence-corrected chi connectivity index (χ2v) is 0.931. The Bertz CT molecular complexity index is 38.3. The molecule has 1 N–H and O–H groups in total. The lowest BCUT2D eigenvalue weighted by molar-refractivity contribution is 0.399. The van der Waals surface area contributed by atoms with Crippen LogP contribution in [-0.4, -0.2) is 12.2 Å². The van der Waals surface area contributed by atoms with Gasteiger partial charge in [-0.05, 0) is 0 Å². The highest BCUT2D eigenvalue weighted by atomic mass is 16.2. The van der Waals surface area contributed by atoms with E-state index in [4.69, 9.17) is 10.4 Å². The zero-order chi connectivity index (χ0) is 7.41. The smallest absolute Gasteiger partial charge is 0.0587 e. The van der Waals surface area contributed by atoms with Crippen LogP contribution in [0.5, 0.6) is 0 Å². The van der Waals surface area contributed by atoms with Gasteiger partial charge in [0.1, 0.15) is 0 Å². The molecule has 0 amide bonds. The Morgan fingerprint density at radius 3 is 1.38 bits per heavy atom. The maximum Gasteiger partial charge on any atom is 0.0587 e. The lowest BCUT2D eigenvalue weighted by Crippen LogP contribution is -1.27. The van der Waals surface area contributed by atoms with Crippen LogP contribution in [0, 0.1) is 11.3 Å². The van der Waals surface area contributed by atoms with Crippen LogP contribution >= 0.6 is 0 Å². The van der Waals surface area contributed by atoms with Crippen molar-refractivity contribution in [3.63, 3.8) is 0 Å². The minimum atomic E-state index is 1.00. The second kappa shape index (κ2) is 91.1. The molecular weight excluding hydrogens is 102 g/mol. The lowest BCUT2D eigenvalue weighted by atomic mass is 10.6. The molecule has 0 spiro atoms. The fraction of sp³-hybridized carbons (Fsp3) is 0.833. The number of aliphatic hydroxyl groups excluding tert-OH is 1. The van der Waals surface area contributed by atoms with Crippen molar-refractivity contribution in [3.8, 4) is 6.07 Å². The largest absolute Gasteiger partial charge is 0.400 e. The van der Waals surface area contributed by atoms with Gasteiger partial charge in [0, 0.05) is 14.0 Å². The van der Waals surface area contributed by atoms with E-state index in [1.165, 1.54) is 13.3 Å². The van der Waals surface area contributed by atoms with Crippen molar-refractivity contribution in [2.24, 2.45) is 0 Å². The Labute approximate surface area is 51.8 Å². The minimum absolute atomic E-state index is 1.00. The third-order valence-electron chi connectivity index (χ3n) is 0. The summed E-state index contributed by atoms with van der Waals surface area (Å²) in [7, 11) is 1.00. The Kier molecular flexibility index (Phi) is 178. The number of rotatable bonds is 0. The number of nitrogens with zero attached hydrogens (tertiary/aromatic N) is 1. The summed E-state index contributed by atoms with van der Waals surface area (Å²) < 4.78 is 0. The molecule has 8 heavy (non-hydrogen) atoms. The summed E-state index contributed by atoms with van der Waals surface area (Å²) in [6.45, 7) is 5.68. The normalized spacial score (nSPS) is 4.00. The highest BCUT2D eigenvalue weighted by Gasteiger charge is 1.35. The van der Waals surface area contributed by atoms with Crippen LogP contribution in [0.15, 0.2) is 0 Å². The van der Waals surface area contributed by atoms with Gasteiger partial charge in [0.15, 0.2) is 0 Å². The standard InChI is InChI=1S/C3H8.C2H3N.CH4O/c1-3-2;1-2-3;1-2/h3H2,1-2H3;1H3;2H,1H3. The van der Waals surface area contributed by atoms with E-state index in [9.17, 15) is 0 Å². The van der Waals surface area contributed by atoms with Crippen LogP contribution < -0.4 is 0 Å². The van der Waals surface area contributed by atoms with Gasteiger partial charge in [0.2, 0.25) is 0 Å². The maximum atomic E-state index is 7.32. The number of nitriles is 1. The number of aliphatic hydroxyl groups is 1. The first-order valence-corrected chi connectivity index (χ1v) is 2.59. The van der Waals surface area contributed by atoms with Gasteiger partial charge in [0.25, 0.3) is 0 Å². The molecule has 0 bridgehead atoms. The van der Waals surface area contributed by atoms with Crippen LogP contribution in [0.4, 0.5) is 0 Å². The molecule has 0 aromatic rings. The molecule has 2 heteroatoms. The number of hydrogen-bond acceptors (Lipinski definition) is 2. The molecule has 0 rings (SSSR count). The van der Waals surface area contributed by atoms with Crippen molar-refractivity contribution in [3.05, 3.63) is 0 Å². The summed E-state index contributed by atoms with van der Waals surface area (Å²) in [5.41, 5.74) is 0. The van der Waals surface area contributed by atoms with Crippen molar-refractivity contribution >= 4 is 0 Å². The van der Waals surface area contributed by atoms with Crippen LogP contribution in [0.25, 0.3) is 0 Å². The monoisotopic (exact) mass is 117 g/mol. The first-order valence-electron chi connectivity index (χ1n) is 2.59. The molecule has 0 fully saturated rings. The summed E-state index contributed by atoms with van der Waals surface area (Å²) in [4.78, 5) is 0. The maximum absolute atomic E-state index is 7.32. The van der Waals surface area contributed by atoms with Gasteiger partial charge in [-0.2, -0.15) is 5.26 Å². The number of hydrogen-bond donors (Lipinski definition) is 1. The summed E-state index contributed by atoms with van der Waals surface area (Å²) >= 11 is 0. The van der Waals surface area contributed by atoms with Gasteiger partial charge in [-0.25, -0.2) is 0 Å². The highest BCUT2D eigenvalue weighted by molar-refractivity contribution is 4.51. The van der Waals surface area contributed by atoms with Crippen molar-refractivity contribution in [2.75, 3.05) is 7.11 Å². The summed E-state index contributed by atoms with van der Waals surface area (Å²) in [6.07, 6.45) is 1.25. The van der Waals surface area contributed by atoms with Crippen molar-refractivity contribution < 1.29 is 5.11 Å². The first-order chi connectivity index (χ1) is 3.83. The van der Waals surface area contributed by atoms with Crippen LogP contribution in [0.1, 0.15) is 27.2 Å². The molecule has 0 saturated carbocycles. The predicted octanol–water partition coefficient (Wildman–Crippen LogP) is 1.55. The van der Waals surface area contributed by atoms with E-state index in [0.717, 1.165) is 7.11 Å². The fourth-order valence-electron chi connectivity index (χ4n) is 0. The molecular formula is C6H15NO. The Balaban J connectivity index is -0.0000000483. The lowest BCUT2D eigenvalue weighted by Gasteiger charge is -1.48. The molecule has 0 unspecified atom stereocenters. The van der Waals surface area contributed by atoms with Gasteiger partial charge in [-0.15, -0.1) is 0 Å². The first kappa shape index (κ1) is 15.7. The fourth-order valence-corrected chi connectivity index (χ4v) is 0. The van der Waals surface area contributed by atoms with Crippen molar-refractivity contribution in [1.82, 2.24) is 0 Å². The van der Waals surface area contributed by atoms with Gasteiger partial charge in [0.05, 0.1) is 6.07 Å². The van der Waals surface area contributed by atoms with Gasteiger partial charge >= 0.3 is 0 Å². The van der Waals surface area contributed by atoms with E-state index in [-0.39, 0.29) is 0 Å². The van der Waals surface area contributed by atoms with Crippen molar-refractivity contribution in [2.45, 2.75) is 27.2 Å². The Morgan fingerprint density at radius 2 is 1.38 bits per heavy atom. The summed E-state index contributed by atoms with van der Waals surface area (Å²) in [5, 5.41) is 14.3. The van der Waals surface area contributed by atoms with Gasteiger partial charge in [-0.1, -0.05) is 20.3 Å². The van der Waals surface area contributed by atoms with Crippen LogP contribution in [0.3, 0.4) is 0 Å². The van der Waals surface area contributed by atoms with E-state index < -0.39 is 0 Å². The topological polar surface area (TPSA) is 44.0 Å². The van der Waals surface area contributed by atoms with E-state index in [0.29, 0.717) is 0 Å². The second-order valence-electron chi connectivity index (χ2n) is 0.931. The third kappa shape index (κ3) is 357. The molecule has 0 aromatic carbocycles. The van der Waals surface area contributed by atoms with Crippen LogP contribution in [0.2, 0.25) is 0 Å². The molecule has 0 aliphatic carbocycles. The Morgan fingerprint density at radius 1 is 1.38 bits per heavy atom. The average Bonchev–Trinajstić information content (AvgIpc) is 1.75. The van der Waals surface area contributed by atoms with E-state index in [1.807, 2.05) is 0 Å². The van der Waals surface area contributed by atoms with Crippen LogP contribution in [-0.2, 0) is 0 Å². The van der Waals surface area contributed by atoms with Gasteiger partial charge < -0.3 is 5.11 Å². The van der Waals surface area contributed by atoms with Gasteiger partial charge in [-0.3, -0.25) is 0 Å². The van der Waals surface area contributed by atoms with E-state index in [1.54, 1.807) is 6.07 Å². The molecule has 50 valence electrons. The highest BCUT2D eigenvalue weighted by Crippen LogP contribution is 1.56. The predicted molar refractivity (Wildman–Crippen MR) is 35.4 cm³/mol. The zero-order valence-corrected chi connectivity index (χ0v) is 6.10. The molecule has 2 nitrogen and oxygen atoms in total. The quantitative estimate of drug-likeness (QED) is 0.523. The third-order valence-corrected chi connectivity index (χ3v) is 0. The molecule has 0 atom stereocenters. The van der Waals surface area contributed by atoms with Crippen molar-refractivity contribution in [1.29, 1.82) is 5.26 Å². The molecule has 0 aliphatic rings. The van der Waals surface area contributed by atoms with E-state index in [2.05, 4.69) is 13.8 Å². The summed E-state index contributed by atoms with van der Waals surface area (Å²) in [5.74, 6) is 0. The Hall–Kier alpha value is -0.550. The molecule has 0 heterocycles. The average molecular weight is 117 g/mol. The molecule has 0 saturated heterocycles. The minimum Gasteiger partial charge on any atom is -0.400 e. The molecule has 0 radical (unpaired) electrons. The molecule has 0 aromatic heterocycles.